The molecule has 3 aromatic heterocycles. The molecule has 0 saturated heterocycles. The second kappa shape index (κ2) is 6.78. The molecule has 1 aromatic carbocycles. The van der Waals surface area contributed by atoms with E-state index in [-0.39, 0.29) is 6.04 Å². The van der Waals surface area contributed by atoms with Crippen molar-refractivity contribution in [2.24, 2.45) is 0 Å². The Morgan fingerprint density at radius 2 is 1.92 bits per heavy atom. The van der Waals surface area contributed by atoms with Gasteiger partial charge in [0.2, 0.25) is 11.7 Å². The molecule has 4 aromatic rings. The van der Waals surface area contributed by atoms with E-state index in [1.165, 1.54) is 0 Å². The van der Waals surface area contributed by atoms with E-state index in [2.05, 4.69) is 38.0 Å². The highest BCUT2D eigenvalue weighted by atomic mass is 32.1. The summed E-state index contributed by atoms with van der Waals surface area (Å²) in [6.45, 7) is 4.02. The molecular weight excluding hydrogens is 352 g/mol. The largest absolute Gasteiger partial charge is 0.374 e. The Kier molecular flexibility index (Phi) is 4.33. The van der Waals surface area contributed by atoms with Crippen LogP contribution in [0, 0.1) is 6.92 Å². The molecule has 126 valence electrons. The first kappa shape index (κ1) is 16.0. The number of hydrogen-bond acceptors (Lipinski definition) is 7. The maximum absolute atomic E-state index is 5.39. The number of aryl methyl sites for hydroxylation is 1. The highest BCUT2D eigenvalue weighted by Crippen LogP contribution is 2.26. The van der Waals surface area contributed by atoms with Gasteiger partial charge in [0.25, 0.3) is 0 Å². The molecule has 25 heavy (non-hydrogen) atoms. The van der Waals surface area contributed by atoms with Crippen LogP contribution in [0.4, 0.5) is 5.69 Å². The number of nitrogens with zero attached hydrogens (tertiary/aromatic N) is 3. The smallest absolute Gasteiger partial charge is 0.249 e. The number of thiazole rings is 1. The molecule has 5 nitrogen and oxygen atoms in total. The average Bonchev–Trinajstić information content (AvgIpc) is 3.36. The van der Waals surface area contributed by atoms with Gasteiger partial charge < -0.3 is 9.84 Å². The zero-order valence-electron chi connectivity index (χ0n) is 13.8. The molecule has 1 unspecified atom stereocenters. The Labute approximate surface area is 153 Å². The molecule has 0 radical (unpaired) electrons. The van der Waals surface area contributed by atoms with Crippen LogP contribution in [0.25, 0.3) is 22.0 Å². The molecule has 0 aliphatic carbocycles. The van der Waals surface area contributed by atoms with Crippen molar-refractivity contribution in [1.29, 1.82) is 0 Å². The molecule has 1 atom stereocenters. The van der Waals surface area contributed by atoms with E-state index < -0.39 is 0 Å². The predicted octanol–water partition coefficient (Wildman–Crippen LogP) is 5.40. The fourth-order valence-corrected chi connectivity index (χ4v) is 3.73. The molecule has 0 aliphatic rings. The summed E-state index contributed by atoms with van der Waals surface area (Å²) in [6, 6.07) is 12.1. The summed E-state index contributed by atoms with van der Waals surface area (Å²) >= 11 is 3.25. The third-order valence-corrected chi connectivity index (χ3v) is 5.38. The van der Waals surface area contributed by atoms with E-state index >= 15 is 0 Å². The summed E-state index contributed by atoms with van der Waals surface area (Å²) in [7, 11) is 0. The first-order valence-electron chi connectivity index (χ1n) is 7.85. The SMILES string of the molecule is Cc1nc(-c2ccc(NC(C)c3nc(-c4cccs4)no3)cc2)cs1. The van der Waals surface area contributed by atoms with Crippen molar-refractivity contribution in [3.8, 4) is 22.0 Å². The maximum Gasteiger partial charge on any atom is 0.249 e. The molecule has 0 aliphatic heterocycles. The van der Waals surface area contributed by atoms with Crippen molar-refractivity contribution >= 4 is 28.4 Å². The lowest BCUT2D eigenvalue weighted by Gasteiger charge is -2.11. The van der Waals surface area contributed by atoms with Crippen LogP contribution < -0.4 is 5.32 Å². The van der Waals surface area contributed by atoms with Gasteiger partial charge in [-0.3, -0.25) is 0 Å². The average molecular weight is 368 g/mol. The zero-order chi connectivity index (χ0) is 17.2. The van der Waals surface area contributed by atoms with Crippen molar-refractivity contribution in [3.05, 3.63) is 58.1 Å². The minimum Gasteiger partial charge on any atom is -0.374 e. The zero-order valence-corrected chi connectivity index (χ0v) is 15.4. The van der Waals surface area contributed by atoms with E-state index in [4.69, 9.17) is 4.52 Å². The van der Waals surface area contributed by atoms with Crippen molar-refractivity contribution < 1.29 is 4.52 Å². The third-order valence-electron chi connectivity index (χ3n) is 3.74. The van der Waals surface area contributed by atoms with Crippen LogP contribution in [-0.4, -0.2) is 15.1 Å². The van der Waals surface area contributed by atoms with E-state index in [1.54, 1.807) is 22.7 Å². The summed E-state index contributed by atoms with van der Waals surface area (Å²) in [6.07, 6.45) is 0. The van der Waals surface area contributed by atoms with E-state index in [9.17, 15) is 0 Å². The van der Waals surface area contributed by atoms with Gasteiger partial charge in [0.1, 0.15) is 6.04 Å². The molecule has 7 heteroatoms. The fraction of sp³-hybridized carbons (Fsp3) is 0.167. The number of nitrogens with one attached hydrogen (secondary N) is 1. The normalized spacial score (nSPS) is 12.2. The van der Waals surface area contributed by atoms with Crippen molar-refractivity contribution in [2.45, 2.75) is 19.9 Å². The lowest BCUT2D eigenvalue weighted by molar-refractivity contribution is 0.368. The van der Waals surface area contributed by atoms with E-state index in [1.807, 2.05) is 43.5 Å². The van der Waals surface area contributed by atoms with E-state index in [0.717, 1.165) is 26.8 Å². The maximum atomic E-state index is 5.39. The van der Waals surface area contributed by atoms with Gasteiger partial charge in [-0.1, -0.05) is 23.4 Å². The van der Waals surface area contributed by atoms with Crippen LogP contribution >= 0.6 is 22.7 Å². The van der Waals surface area contributed by atoms with Gasteiger partial charge in [-0.05, 0) is 37.4 Å². The van der Waals surface area contributed by atoms with Gasteiger partial charge >= 0.3 is 0 Å². The molecule has 3 heterocycles. The summed E-state index contributed by atoms with van der Waals surface area (Å²) in [5, 5.41) is 12.6. The Hall–Kier alpha value is -2.51. The van der Waals surface area contributed by atoms with E-state index in [0.29, 0.717) is 11.7 Å². The third kappa shape index (κ3) is 3.47. The Morgan fingerprint density at radius 1 is 1.08 bits per heavy atom. The molecule has 0 saturated carbocycles. The van der Waals surface area contributed by atoms with Gasteiger partial charge in [0, 0.05) is 16.6 Å². The fourth-order valence-electron chi connectivity index (χ4n) is 2.46. The Bertz CT molecular complexity index is 957. The number of benzene rings is 1. The number of aromatic nitrogens is 3. The van der Waals surface area contributed by atoms with Gasteiger partial charge in [-0.15, -0.1) is 22.7 Å². The van der Waals surface area contributed by atoms with Crippen molar-refractivity contribution in [2.75, 3.05) is 5.32 Å². The summed E-state index contributed by atoms with van der Waals surface area (Å²) < 4.78 is 5.39. The number of rotatable bonds is 5. The second-order valence-electron chi connectivity index (χ2n) is 5.63. The highest BCUT2D eigenvalue weighted by Gasteiger charge is 2.15. The quantitative estimate of drug-likeness (QED) is 0.511. The minimum atomic E-state index is -0.0754. The first-order valence-corrected chi connectivity index (χ1v) is 9.61. The number of hydrogen-bond donors (Lipinski definition) is 1. The molecule has 1 N–H and O–H groups in total. The predicted molar refractivity (Wildman–Crippen MR) is 102 cm³/mol. The Balaban J connectivity index is 1.46. The topological polar surface area (TPSA) is 63.8 Å². The van der Waals surface area contributed by atoms with Crippen LogP contribution in [0.15, 0.2) is 51.7 Å². The lowest BCUT2D eigenvalue weighted by atomic mass is 10.1. The highest BCUT2D eigenvalue weighted by molar-refractivity contribution is 7.13. The number of anilines is 1. The molecule has 4 rings (SSSR count). The minimum absolute atomic E-state index is 0.0754. The van der Waals surface area contributed by atoms with Crippen LogP contribution in [-0.2, 0) is 0 Å². The van der Waals surface area contributed by atoms with Crippen LogP contribution in [0.5, 0.6) is 0 Å². The van der Waals surface area contributed by atoms with Gasteiger partial charge in [-0.25, -0.2) is 4.98 Å². The summed E-state index contributed by atoms with van der Waals surface area (Å²) in [5.74, 6) is 1.20. The van der Waals surface area contributed by atoms with Crippen LogP contribution in [0.3, 0.4) is 0 Å². The Morgan fingerprint density at radius 3 is 2.60 bits per heavy atom. The molecule has 0 fully saturated rings. The van der Waals surface area contributed by atoms with Crippen molar-refractivity contribution in [1.82, 2.24) is 15.1 Å². The lowest BCUT2D eigenvalue weighted by Crippen LogP contribution is -2.06. The molecule has 0 bridgehead atoms. The van der Waals surface area contributed by atoms with Crippen molar-refractivity contribution in [3.63, 3.8) is 0 Å². The first-order chi connectivity index (χ1) is 12.2. The van der Waals surface area contributed by atoms with Gasteiger partial charge in [0.05, 0.1) is 15.6 Å². The van der Waals surface area contributed by atoms with Gasteiger partial charge in [0.15, 0.2) is 0 Å². The second-order valence-corrected chi connectivity index (χ2v) is 7.64. The number of thiophene rings is 1. The van der Waals surface area contributed by atoms with Crippen LogP contribution in [0.1, 0.15) is 23.9 Å². The molecule has 0 amide bonds. The molecular formula is C18H16N4OS2. The summed E-state index contributed by atoms with van der Waals surface area (Å²) in [5.41, 5.74) is 3.12. The molecule has 0 spiro atoms. The van der Waals surface area contributed by atoms with Gasteiger partial charge in [-0.2, -0.15) is 4.98 Å². The monoisotopic (exact) mass is 368 g/mol. The summed E-state index contributed by atoms with van der Waals surface area (Å²) in [4.78, 5) is 10.00. The van der Waals surface area contributed by atoms with Crippen LogP contribution in [0.2, 0.25) is 0 Å². The standard InChI is InChI=1S/C18H16N4OS2/c1-11(18-21-17(22-23-18)16-4-3-9-24-16)19-14-7-5-13(6-8-14)15-10-25-12(2)20-15/h3-11,19H,1-2H3.